The van der Waals surface area contributed by atoms with Crippen LogP contribution in [0.5, 0.6) is 0 Å². The number of nitrogens with two attached hydrogens (primary N) is 1. The average molecular weight is 237 g/mol. The molecule has 0 saturated heterocycles. The molecule has 0 aliphatic carbocycles. The van der Waals surface area contributed by atoms with Gasteiger partial charge in [0.25, 0.3) is 0 Å². The van der Waals surface area contributed by atoms with Crippen molar-refractivity contribution in [3.05, 3.63) is 53.4 Å². The van der Waals surface area contributed by atoms with Crippen LogP contribution in [0.1, 0.15) is 17.3 Å². The first-order valence-corrected chi connectivity index (χ1v) is 5.24. The smallest absolute Gasteiger partial charge is 0.126 e. The summed E-state index contributed by atoms with van der Waals surface area (Å²) in [6, 6.07) is 4.89. The molecule has 1 aromatic heterocycles. The summed E-state index contributed by atoms with van der Waals surface area (Å²) in [6.45, 7) is 0. The number of aryl methyl sites for hydroxylation is 1. The molecule has 17 heavy (non-hydrogen) atoms. The summed E-state index contributed by atoms with van der Waals surface area (Å²) in [7, 11) is 1.78. The molecule has 0 aliphatic rings. The third-order valence-electron chi connectivity index (χ3n) is 2.62. The van der Waals surface area contributed by atoms with Crippen molar-refractivity contribution in [1.82, 2.24) is 9.78 Å². The monoisotopic (exact) mass is 237 g/mol. The summed E-state index contributed by atoms with van der Waals surface area (Å²) < 4.78 is 27.7. The van der Waals surface area contributed by atoms with Gasteiger partial charge in [0.15, 0.2) is 0 Å². The van der Waals surface area contributed by atoms with Crippen LogP contribution in [0.3, 0.4) is 0 Å². The Morgan fingerprint density at radius 1 is 1.29 bits per heavy atom. The van der Waals surface area contributed by atoms with E-state index >= 15 is 0 Å². The summed E-state index contributed by atoms with van der Waals surface area (Å²) >= 11 is 0. The van der Waals surface area contributed by atoms with Gasteiger partial charge in [-0.25, -0.2) is 8.78 Å². The molecule has 3 nitrogen and oxygen atoms in total. The molecule has 2 N–H and O–H groups in total. The second-order valence-corrected chi connectivity index (χ2v) is 3.97. The van der Waals surface area contributed by atoms with E-state index in [1.165, 1.54) is 12.1 Å². The standard InChI is InChI=1S/C12H13F2N3/c1-17-12(2-3-16-17)11(15)6-8-4-9(13)7-10(14)5-8/h2-5,7,11H,6,15H2,1H3. The van der Waals surface area contributed by atoms with Gasteiger partial charge in [0.05, 0.1) is 11.7 Å². The van der Waals surface area contributed by atoms with Gasteiger partial charge in [-0.05, 0) is 30.2 Å². The van der Waals surface area contributed by atoms with E-state index in [1.54, 1.807) is 24.0 Å². The molecule has 2 rings (SSSR count). The molecule has 1 unspecified atom stereocenters. The Hall–Kier alpha value is -1.75. The number of aromatic nitrogens is 2. The number of benzene rings is 1. The fraction of sp³-hybridized carbons (Fsp3) is 0.250. The first kappa shape index (κ1) is 11.7. The van der Waals surface area contributed by atoms with Crippen molar-refractivity contribution in [2.24, 2.45) is 12.8 Å². The van der Waals surface area contributed by atoms with Crippen LogP contribution < -0.4 is 5.73 Å². The molecule has 5 heteroatoms. The van der Waals surface area contributed by atoms with Gasteiger partial charge < -0.3 is 5.73 Å². The molecule has 90 valence electrons. The Morgan fingerprint density at radius 2 is 1.94 bits per heavy atom. The van der Waals surface area contributed by atoms with E-state index in [1.807, 2.05) is 0 Å². The summed E-state index contributed by atoms with van der Waals surface area (Å²) in [6.07, 6.45) is 2.01. The highest BCUT2D eigenvalue weighted by molar-refractivity contribution is 5.21. The van der Waals surface area contributed by atoms with Gasteiger partial charge in [-0.2, -0.15) is 5.10 Å². The van der Waals surface area contributed by atoms with Crippen molar-refractivity contribution in [3.8, 4) is 0 Å². The Labute approximate surface area is 97.9 Å². The minimum Gasteiger partial charge on any atom is -0.322 e. The van der Waals surface area contributed by atoms with E-state index in [-0.39, 0.29) is 6.04 Å². The van der Waals surface area contributed by atoms with Gasteiger partial charge >= 0.3 is 0 Å². The lowest BCUT2D eigenvalue weighted by Gasteiger charge is -2.12. The van der Waals surface area contributed by atoms with Crippen LogP contribution in [-0.4, -0.2) is 9.78 Å². The molecule has 1 atom stereocenters. The molecule has 1 aromatic carbocycles. The van der Waals surface area contributed by atoms with Crippen molar-refractivity contribution in [2.45, 2.75) is 12.5 Å². The zero-order chi connectivity index (χ0) is 12.4. The molecule has 0 bridgehead atoms. The SMILES string of the molecule is Cn1nccc1C(N)Cc1cc(F)cc(F)c1. The maximum Gasteiger partial charge on any atom is 0.126 e. The zero-order valence-electron chi connectivity index (χ0n) is 9.40. The lowest BCUT2D eigenvalue weighted by molar-refractivity contribution is 0.571. The molecule has 2 aromatic rings. The number of hydrogen-bond donors (Lipinski definition) is 1. The molecule has 0 fully saturated rings. The van der Waals surface area contributed by atoms with Crippen molar-refractivity contribution in [2.75, 3.05) is 0 Å². The normalized spacial score (nSPS) is 12.7. The van der Waals surface area contributed by atoms with Gasteiger partial charge in [0, 0.05) is 19.3 Å². The van der Waals surface area contributed by atoms with E-state index < -0.39 is 11.6 Å². The summed E-state index contributed by atoms with van der Waals surface area (Å²) in [5.74, 6) is -1.17. The third-order valence-corrected chi connectivity index (χ3v) is 2.62. The molecule has 0 spiro atoms. The van der Waals surface area contributed by atoms with Crippen molar-refractivity contribution < 1.29 is 8.78 Å². The summed E-state index contributed by atoms with van der Waals surface area (Å²) in [5.41, 5.74) is 7.33. The molecule has 0 saturated carbocycles. The van der Waals surface area contributed by atoms with Crippen LogP contribution in [0.15, 0.2) is 30.5 Å². The van der Waals surface area contributed by atoms with Crippen LogP contribution in [0.25, 0.3) is 0 Å². The van der Waals surface area contributed by atoms with E-state index in [4.69, 9.17) is 5.73 Å². The predicted molar refractivity (Wildman–Crippen MR) is 60.2 cm³/mol. The first-order chi connectivity index (χ1) is 8.06. The predicted octanol–water partition coefficient (Wildman–Crippen LogP) is 1.94. The lowest BCUT2D eigenvalue weighted by atomic mass is 10.0. The van der Waals surface area contributed by atoms with Crippen LogP contribution in [0, 0.1) is 11.6 Å². The van der Waals surface area contributed by atoms with Gasteiger partial charge in [-0.15, -0.1) is 0 Å². The van der Waals surface area contributed by atoms with Crippen LogP contribution >= 0.6 is 0 Å². The Kier molecular flexibility index (Phi) is 3.19. The van der Waals surface area contributed by atoms with Crippen molar-refractivity contribution >= 4 is 0 Å². The molecule has 0 radical (unpaired) electrons. The summed E-state index contributed by atoms with van der Waals surface area (Å²) in [5, 5.41) is 4.00. The van der Waals surface area contributed by atoms with Gasteiger partial charge in [0.2, 0.25) is 0 Å². The quantitative estimate of drug-likeness (QED) is 0.886. The third kappa shape index (κ3) is 2.68. The minimum atomic E-state index is -0.586. The number of hydrogen-bond acceptors (Lipinski definition) is 2. The fourth-order valence-electron chi connectivity index (χ4n) is 1.84. The highest BCUT2D eigenvalue weighted by Crippen LogP contribution is 2.17. The Bertz CT molecular complexity index is 502. The topological polar surface area (TPSA) is 43.8 Å². The largest absolute Gasteiger partial charge is 0.322 e. The molecular formula is C12H13F2N3. The number of halogens is 2. The number of rotatable bonds is 3. The maximum absolute atomic E-state index is 13.0. The molecule has 0 amide bonds. The van der Waals surface area contributed by atoms with E-state index in [0.717, 1.165) is 11.8 Å². The van der Waals surface area contributed by atoms with Gasteiger partial charge in [-0.3, -0.25) is 4.68 Å². The highest BCUT2D eigenvalue weighted by Gasteiger charge is 2.12. The second-order valence-electron chi connectivity index (χ2n) is 3.97. The van der Waals surface area contributed by atoms with Crippen LogP contribution in [-0.2, 0) is 13.5 Å². The van der Waals surface area contributed by atoms with Crippen molar-refractivity contribution in [3.63, 3.8) is 0 Å². The van der Waals surface area contributed by atoms with Crippen LogP contribution in [0.2, 0.25) is 0 Å². The fourth-order valence-corrected chi connectivity index (χ4v) is 1.84. The number of nitrogens with zero attached hydrogens (tertiary/aromatic N) is 2. The molecule has 1 heterocycles. The summed E-state index contributed by atoms with van der Waals surface area (Å²) in [4.78, 5) is 0. The van der Waals surface area contributed by atoms with Crippen LogP contribution in [0.4, 0.5) is 8.78 Å². The molecule has 0 aliphatic heterocycles. The Morgan fingerprint density at radius 3 is 2.47 bits per heavy atom. The lowest BCUT2D eigenvalue weighted by Crippen LogP contribution is -2.17. The zero-order valence-corrected chi connectivity index (χ0v) is 9.40. The molecular weight excluding hydrogens is 224 g/mol. The second kappa shape index (κ2) is 4.63. The average Bonchev–Trinajstić information content (AvgIpc) is 2.62. The first-order valence-electron chi connectivity index (χ1n) is 5.24. The van der Waals surface area contributed by atoms with Crippen molar-refractivity contribution in [1.29, 1.82) is 0 Å². The minimum absolute atomic E-state index is 0.330. The maximum atomic E-state index is 13.0. The van der Waals surface area contributed by atoms with E-state index in [2.05, 4.69) is 5.10 Å². The Balaban J connectivity index is 2.18. The van der Waals surface area contributed by atoms with Gasteiger partial charge in [0.1, 0.15) is 11.6 Å². The van der Waals surface area contributed by atoms with Gasteiger partial charge in [-0.1, -0.05) is 0 Å². The van der Waals surface area contributed by atoms with E-state index in [0.29, 0.717) is 12.0 Å². The van der Waals surface area contributed by atoms with E-state index in [9.17, 15) is 8.78 Å². The highest BCUT2D eigenvalue weighted by atomic mass is 19.1.